The van der Waals surface area contributed by atoms with Gasteiger partial charge < -0.3 is 10.0 Å². The molecule has 5 rings (SSSR count). The van der Waals surface area contributed by atoms with Crippen molar-refractivity contribution in [3.8, 4) is 0 Å². The number of amides is 1. The van der Waals surface area contributed by atoms with E-state index in [1.165, 1.54) is 12.1 Å². The predicted octanol–water partition coefficient (Wildman–Crippen LogP) is 6.15. The van der Waals surface area contributed by atoms with E-state index in [0.717, 1.165) is 16.3 Å². The first-order valence-corrected chi connectivity index (χ1v) is 11.2. The van der Waals surface area contributed by atoms with Crippen molar-refractivity contribution < 1.29 is 14.7 Å². The molecular formula is C27H19Cl2NO3. The number of aliphatic hydroxyl groups is 1. The average Bonchev–Trinajstić information content (AvgIpc) is 3.01. The number of nitrogens with zero attached hydrogens (tertiary/aromatic N) is 1. The zero-order chi connectivity index (χ0) is 23.2. The zero-order valence-electron chi connectivity index (χ0n) is 17.5. The molecular weight excluding hydrogens is 457 g/mol. The Morgan fingerprint density at radius 2 is 1.64 bits per heavy atom. The Labute approximate surface area is 201 Å². The Morgan fingerprint density at radius 1 is 0.909 bits per heavy atom. The van der Waals surface area contributed by atoms with Crippen molar-refractivity contribution in [3.63, 3.8) is 0 Å². The summed E-state index contributed by atoms with van der Waals surface area (Å²) in [5.74, 6) is -0.968. The van der Waals surface area contributed by atoms with Crippen LogP contribution in [-0.4, -0.2) is 16.8 Å². The van der Waals surface area contributed by atoms with E-state index in [0.29, 0.717) is 16.3 Å². The van der Waals surface area contributed by atoms with E-state index in [4.69, 9.17) is 23.2 Å². The summed E-state index contributed by atoms with van der Waals surface area (Å²) in [6.07, 6.45) is -0.420. The van der Waals surface area contributed by atoms with Crippen molar-refractivity contribution >= 4 is 51.4 Å². The van der Waals surface area contributed by atoms with Gasteiger partial charge in [-0.3, -0.25) is 9.59 Å². The number of ketones is 1. The fourth-order valence-electron chi connectivity index (χ4n) is 4.48. The highest BCUT2D eigenvalue weighted by Gasteiger charge is 2.51. The van der Waals surface area contributed by atoms with Crippen LogP contribution >= 0.6 is 23.2 Å². The van der Waals surface area contributed by atoms with Crippen LogP contribution in [0, 0.1) is 0 Å². The molecule has 1 amide bonds. The number of hydrogen-bond donors (Lipinski definition) is 1. The SMILES string of the molecule is O=C(C[C@]1(O)C(=O)N(Cc2cccc3ccccc23)c2ccccc21)c1ccc(Cl)cc1Cl. The van der Waals surface area contributed by atoms with Crippen molar-refractivity contribution in [1.29, 1.82) is 0 Å². The quantitative estimate of drug-likeness (QED) is 0.352. The second kappa shape index (κ2) is 8.31. The predicted molar refractivity (Wildman–Crippen MR) is 131 cm³/mol. The normalized spacial score (nSPS) is 17.4. The molecule has 0 unspecified atom stereocenters. The lowest BCUT2D eigenvalue weighted by Gasteiger charge is -2.23. The Kier molecular flexibility index (Phi) is 5.45. The van der Waals surface area contributed by atoms with E-state index >= 15 is 0 Å². The van der Waals surface area contributed by atoms with Crippen molar-refractivity contribution in [2.24, 2.45) is 0 Å². The molecule has 4 nitrogen and oxygen atoms in total. The molecule has 0 saturated heterocycles. The number of Topliss-reactive ketones (excluding diaryl/α,β-unsaturated/α-hetero) is 1. The Morgan fingerprint density at radius 3 is 2.45 bits per heavy atom. The topological polar surface area (TPSA) is 57.6 Å². The first kappa shape index (κ1) is 21.7. The number of carbonyl (C=O) groups is 2. The maximum Gasteiger partial charge on any atom is 0.264 e. The fourth-order valence-corrected chi connectivity index (χ4v) is 4.99. The summed E-state index contributed by atoms with van der Waals surface area (Å²) in [6, 6.07) is 25.5. The molecule has 4 aromatic rings. The number of halogens is 2. The molecule has 0 fully saturated rings. The monoisotopic (exact) mass is 475 g/mol. The number of rotatable bonds is 5. The third-order valence-corrected chi connectivity index (χ3v) is 6.64. The molecule has 1 N–H and O–H groups in total. The van der Waals surface area contributed by atoms with Gasteiger partial charge >= 0.3 is 0 Å². The van der Waals surface area contributed by atoms with Crippen molar-refractivity contribution in [2.75, 3.05) is 4.90 Å². The van der Waals surface area contributed by atoms with Crippen LogP contribution in [0.1, 0.15) is 27.9 Å². The van der Waals surface area contributed by atoms with Crippen LogP contribution in [0.5, 0.6) is 0 Å². The first-order chi connectivity index (χ1) is 15.9. The van der Waals surface area contributed by atoms with E-state index in [2.05, 4.69) is 0 Å². The molecule has 0 radical (unpaired) electrons. The second-order valence-corrected chi connectivity index (χ2v) is 8.97. The molecule has 1 heterocycles. The molecule has 0 spiro atoms. The zero-order valence-corrected chi connectivity index (χ0v) is 19.0. The van der Waals surface area contributed by atoms with Gasteiger partial charge in [-0.05, 0) is 40.6 Å². The standard InChI is InChI=1S/C27H19Cl2NO3/c28-19-12-13-21(23(29)14-19)25(31)15-27(33)22-10-3-4-11-24(22)30(26(27)32)16-18-8-5-7-17-6-1-2-9-20(17)18/h1-14,33H,15-16H2/t27-/m1/s1. The molecule has 0 bridgehead atoms. The second-order valence-electron chi connectivity index (χ2n) is 8.13. The smallest absolute Gasteiger partial charge is 0.264 e. The van der Waals surface area contributed by atoms with Gasteiger partial charge in [-0.1, -0.05) is 83.9 Å². The van der Waals surface area contributed by atoms with Crippen LogP contribution in [0.2, 0.25) is 10.0 Å². The molecule has 164 valence electrons. The fraction of sp³-hybridized carbons (Fsp3) is 0.111. The third kappa shape index (κ3) is 3.70. The summed E-state index contributed by atoms with van der Waals surface area (Å²) in [5.41, 5.74) is 0.183. The Bertz CT molecular complexity index is 1410. The molecule has 6 heteroatoms. The molecule has 0 aromatic heterocycles. The van der Waals surface area contributed by atoms with Gasteiger partial charge in [0.05, 0.1) is 23.7 Å². The van der Waals surface area contributed by atoms with Crippen molar-refractivity contribution in [3.05, 3.63) is 112 Å². The van der Waals surface area contributed by atoms with Crippen LogP contribution in [0.25, 0.3) is 10.8 Å². The van der Waals surface area contributed by atoms with E-state index in [9.17, 15) is 14.7 Å². The van der Waals surface area contributed by atoms with Crippen LogP contribution in [-0.2, 0) is 16.9 Å². The maximum absolute atomic E-state index is 13.6. The number of carbonyl (C=O) groups excluding carboxylic acids is 2. The van der Waals surface area contributed by atoms with E-state index in [1.807, 2.05) is 48.5 Å². The van der Waals surface area contributed by atoms with Crippen LogP contribution in [0.4, 0.5) is 5.69 Å². The van der Waals surface area contributed by atoms with Gasteiger partial charge in [-0.15, -0.1) is 0 Å². The summed E-state index contributed by atoms with van der Waals surface area (Å²) >= 11 is 12.1. The van der Waals surface area contributed by atoms with Gasteiger partial charge in [0, 0.05) is 16.1 Å². The largest absolute Gasteiger partial charge is 0.375 e. The minimum absolute atomic E-state index is 0.183. The molecule has 1 aliphatic heterocycles. The van der Waals surface area contributed by atoms with Crippen molar-refractivity contribution in [2.45, 2.75) is 18.6 Å². The lowest BCUT2D eigenvalue weighted by molar-refractivity contribution is -0.136. The van der Waals surface area contributed by atoms with Gasteiger partial charge in [0.2, 0.25) is 0 Å². The maximum atomic E-state index is 13.6. The van der Waals surface area contributed by atoms with Gasteiger partial charge in [0.15, 0.2) is 11.4 Å². The van der Waals surface area contributed by atoms with Gasteiger partial charge in [-0.25, -0.2) is 0 Å². The van der Waals surface area contributed by atoms with Gasteiger partial charge in [0.25, 0.3) is 5.91 Å². The highest BCUT2D eigenvalue weighted by Crippen LogP contribution is 2.44. The molecule has 0 aliphatic carbocycles. The van der Waals surface area contributed by atoms with E-state index in [-0.39, 0.29) is 17.1 Å². The average molecular weight is 476 g/mol. The summed E-state index contributed by atoms with van der Waals surface area (Å²) in [7, 11) is 0. The summed E-state index contributed by atoms with van der Waals surface area (Å²) in [6.45, 7) is 0.273. The summed E-state index contributed by atoms with van der Waals surface area (Å²) < 4.78 is 0. The Hall–Kier alpha value is -3.18. The van der Waals surface area contributed by atoms with E-state index < -0.39 is 23.7 Å². The number of benzene rings is 4. The summed E-state index contributed by atoms with van der Waals surface area (Å²) in [5, 5.41) is 14.3. The number of para-hydroxylation sites is 1. The molecule has 33 heavy (non-hydrogen) atoms. The minimum Gasteiger partial charge on any atom is -0.375 e. The first-order valence-electron chi connectivity index (χ1n) is 10.5. The molecule has 4 aromatic carbocycles. The Balaban J connectivity index is 1.52. The highest BCUT2D eigenvalue weighted by molar-refractivity contribution is 6.37. The van der Waals surface area contributed by atoms with Crippen LogP contribution in [0.3, 0.4) is 0 Å². The molecule has 1 atom stereocenters. The lowest BCUT2D eigenvalue weighted by Crippen LogP contribution is -2.41. The summed E-state index contributed by atoms with van der Waals surface area (Å²) in [4.78, 5) is 28.2. The number of anilines is 1. The third-order valence-electron chi connectivity index (χ3n) is 6.10. The van der Waals surface area contributed by atoms with Crippen LogP contribution < -0.4 is 4.90 Å². The van der Waals surface area contributed by atoms with E-state index in [1.54, 1.807) is 29.2 Å². The minimum atomic E-state index is -1.98. The molecule has 1 aliphatic rings. The van der Waals surface area contributed by atoms with Crippen LogP contribution in [0.15, 0.2) is 84.9 Å². The van der Waals surface area contributed by atoms with Crippen molar-refractivity contribution in [1.82, 2.24) is 0 Å². The highest BCUT2D eigenvalue weighted by atomic mass is 35.5. The van der Waals surface area contributed by atoms with Gasteiger partial charge in [0.1, 0.15) is 0 Å². The number of hydrogen-bond acceptors (Lipinski definition) is 3. The number of fused-ring (bicyclic) bond motifs is 2. The lowest BCUT2D eigenvalue weighted by atomic mass is 9.88. The van der Waals surface area contributed by atoms with Gasteiger partial charge in [-0.2, -0.15) is 0 Å². The molecule has 0 saturated carbocycles.